The first-order chi connectivity index (χ1) is 10.9. The molecule has 1 aromatic heterocycles. The van der Waals surface area contributed by atoms with E-state index in [1.165, 1.54) is 10.4 Å². The van der Waals surface area contributed by atoms with Crippen LogP contribution in [0.25, 0.3) is 0 Å². The van der Waals surface area contributed by atoms with Crippen molar-refractivity contribution in [3.05, 3.63) is 21.9 Å². The number of hydrogen-bond donors (Lipinski definition) is 3. The molecule has 0 radical (unpaired) electrons. The van der Waals surface area contributed by atoms with Crippen molar-refractivity contribution in [2.45, 2.75) is 56.7 Å². The van der Waals surface area contributed by atoms with Gasteiger partial charge in [-0.3, -0.25) is 4.90 Å². The second kappa shape index (κ2) is 7.16. The summed E-state index contributed by atoms with van der Waals surface area (Å²) in [6.07, 6.45) is 4.26. The molecule has 2 aliphatic rings. The Bertz CT molecular complexity index is 624. The molecule has 130 valence electrons. The topological polar surface area (TPSA) is 95.7 Å². The number of nitrogens with zero attached hydrogens (tertiary/aromatic N) is 1. The Labute approximate surface area is 141 Å². The lowest BCUT2D eigenvalue weighted by Crippen LogP contribution is -2.37. The Kier molecular flexibility index (Phi) is 5.39. The van der Waals surface area contributed by atoms with Crippen LogP contribution in [0.4, 0.5) is 0 Å². The molecule has 0 aromatic carbocycles. The SMILES string of the molecule is NS(=O)(=O)NC1CCC(c2cc(CN3CCC(O)CC3)cs2)C1. The molecule has 6 nitrogen and oxygen atoms in total. The highest BCUT2D eigenvalue weighted by molar-refractivity contribution is 7.87. The highest BCUT2D eigenvalue weighted by Gasteiger charge is 2.29. The fourth-order valence-corrected chi connectivity index (χ4v) is 5.34. The Hall–Kier alpha value is -0.510. The van der Waals surface area contributed by atoms with Gasteiger partial charge in [-0.25, -0.2) is 5.14 Å². The van der Waals surface area contributed by atoms with Crippen molar-refractivity contribution in [2.75, 3.05) is 13.1 Å². The number of thiophene rings is 1. The van der Waals surface area contributed by atoms with Gasteiger partial charge in [0.05, 0.1) is 6.10 Å². The maximum absolute atomic E-state index is 11.1. The summed E-state index contributed by atoms with van der Waals surface area (Å²) in [4.78, 5) is 3.73. The standard InChI is InChI=1S/C15H25N3O3S2/c16-23(20,21)17-13-2-1-12(8-13)15-7-11(10-22-15)9-18-5-3-14(19)4-6-18/h7,10,12-14,17,19H,1-6,8-9H2,(H2,16,20,21). The lowest BCUT2D eigenvalue weighted by atomic mass is 10.0. The minimum Gasteiger partial charge on any atom is -0.393 e. The van der Waals surface area contributed by atoms with Gasteiger partial charge in [-0.2, -0.15) is 13.1 Å². The second-order valence-corrected chi connectivity index (χ2v) is 9.00. The number of hydrogen-bond acceptors (Lipinski definition) is 5. The van der Waals surface area contributed by atoms with E-state index in [2.05, 4.69) is 21.1 Å². The number of nitrogens with one attached hydrogen (secondary N) is 1. The van der Waals surface area contributed by atoms with Crippen LogP contribution in [0.5, 0.6) is 0 Å². The molecule has 23 heavy (non-hydrogen) atoms. The van der Waals surface area contributed by atoms with Gasteiger partial charge in [-0.15, -0.1) is 11.3 Å². The van der Waals surface area contributed by atoms with Gasteiger partial charge in [0.2, 0.25) is 0 Å². The van der Waals surface area contributed by atoms with E-state index < -0.39 is 10.2 Å². The van der Waals surface area contributed by atoms with Crippen molar-refractivity contribution in [3.63, 3.8) is 0 Å². The highest BCUT2D eigenvalue weighted by atomic mass is 32.2. The first kappa shape index (κ1) is 17.3. The molecule has 2 atom stereocenters. The van der Waals surface area contributed by atoms with Crippen molar-refractivity contribution in [3.8, 4) is 0 Å². The first-order valence-electron chi connectivity index (χ1n) is 8.17. The van der Waals surface area contributed by atoms with Crippen molar-refractivity contribution in [2.24, 2.45) is 5.14 Å². The van der Waals surface area contributed by atoms with Crippen LogP contribution in [0, 0.1) is 0 Å². The van der Waals surface area contributed by atoms with Crippen LogP contribution in [0.3, 0.4) is 0 Å². The minimum atomic E-state index is -3.61. The number of piperidine rings is 1. The summed E-state index contributed by atoms with van der Waals surface area (Å²) >= 11 is 1.77. The molecule has 1 aliphatic heterocycles. The highest BCUT2D eigenvalue weighted by Crippen LogP contribution is 2.38. The zero-order chi connectivity index (χ0) is 16.4. The minimum absolute atomic E-state index is 0.0378. The van der Waals surface area contributed by atoms with Gasteiger partial charge in [0.25, 0.3) is 10.2 Å². The number of nitrogens with two attached hydrogens (primary N) is 1. The van der Waals surface area contributed by atoms with E-state index in [-0.39, 0.29) is 12.1 Å². The van der Waals surface area contributed by atoms with Crippen LogP contribution in [-0.2, 0) is 16.8 Å². The van der Waals surface area contributed by atoms with E-state index in [0.717, 1.165) is 51.7 Å². The van der Waals surface area contributed by atoms with Gasteiger partial charge in [0.15, 0.2) is 0 Å². The fraction of sp³-hybridized carbons (Fsp3) is 0.733. The van der Waals surface area contributed by atoms with Gasteiger partial charge >= 0.3 is 0 Å². The molecule has 8 heteroatoms. The van der Waals surface area contributed by atoms with E-state index in [1.54, 1.807) is 11.3 Å². The third-order valence-electron chi connectivity index (χ3n) is 4.80. The van der Waals surface area contributed by atoms with Gasteiger partial charge in [0.1, 0.15) is 0 Å². The van der Waals surface area contributed by atoms with Crippen LogP contribution in [0.15, 0.2) is 11.4 Å². The monoisotopic (exact) mass is 359 g/mol. The molecule has 1 aromatic rings. The number of aliphatic hydroxyl groups is 1. The largest absolute Gasteiger partial charge is 0.393 e. The molecule has 2 fully saturated rings. The normalized spacial score (nSPS) is 27.6. The molecule has 2 heterocycles. The Morgan fingerprint density at radius 3 is 2.74 bits per heavy atom. The van der Waals surface area contributed by atoms with E-state index >= 15 is 0 Å². The predicted octanol–water partition coefficient (Wildman–Crippen LogP) is 1.13. The van der Waals surface area contributed by atoms with Gasteiger partial charge in [-0.1, -0.05) is 0 Å². The lowest BCUT2D eigenvalue weighted by molar-refractivity contribution is 0.0793. The zero-order valence-electron chi connectivity index (χ0n) is 13.1. The summed E-state index contributed by atoms with van der Waals surface area (Å²) < 4.78 is 24.8. The summed E-state index contributed by atoms with van der Waals surface area (Å²) in [5, 5.41) is 16.8. The maximum atomic E-state index is 11.1. The van der Waals surface area contributed by atoms with Crippen LogP contribution in [0.2, 0.25) is 0 Å². The van der Waals surface area contributed by atoms with Crippen LogP contribution < -0.4 is 9.86 Å². The quantitative estimate of drug-likeness (QED) is 0.734. The van der Waals surface area contributed by atoms with Gasteiger partial charge in [0, 0.05) is 30.6 Å². The molecule has 1 saturated carbocycles. The molecule has 0 amide bonds. The molecule has 1 saturated heterocycles. The third kappa shape index (κ3) is 4.98. The first-order valence-corrected chi connectivity index (χ1v) is 10.6. The summed E-state index contributed by atoms with van der Waals surface area (Å²) in [6.45, 7) is 2.85. The average molecular weight is 360 g/mol. The molecule has 4 N–H and O–H groups in total. The van der Waals surface area contributed by atoms with Crippen molar-refractivity contribution in [1.29, 1.82) is 0 Å². The molecule has 2 unspecified atom stereocenters. The summed E-state index contributed by atoms with van der Waals surface area (Å²) in [7, 11) is -3.61. The summed E-state index contributed by atoms with van der Waals surface area (Å²) in [5.74, 6) is 0.427. The lowest BCUT2D eigenvalue weighted by Gasteiger charge is -2.29. The van der Waals surface area contributed by atoms with Crippen molar-refractivity contribution >= 4 is 21.5 Å². The summed E-state index contributed by atoms with van der Waals surface area (Å²) in [5.41, 5.74) is 1.32. The molecule has 1 aliphatic carbocycles. The van der Waals surface area contributed by atoms with E-state index in [4.69, 9.17) is 5.14 Å². The van der Waals surface area contributed by atoms with E-state index in [0.29, 0.717) is 5.92 Å². The Morgan fingerprint density at radius 2 is 2.04 bits per heavy atom. The third-order valence-corrected chi connectivity index (χ3v) is 6.61. The van der Waals surface area contributed by atoms with E-state index in [1.807, 2.05) is 0 Å². The molecule has 3 rings (SSSR count). The molecule has 0 bridgehead atoms. The van der Waals surface area contributed by atoms with Crippen LogP contribution in [-0.4, -0.2) is 43.7 Å². The molecule has 0 spiro atoms. The predicted molar refractivity (Wildman–Crippen MR) is 91.5 cm³/mol. The number of aliphatic hydroxyl groups excluding tert-OH is 1. The van der Waals surface area contributed by atoms with Gasteiger partial charge < -0.3 is 5.11 Å². The van der Waals surface area contributed by atoms with Gasteiger partial charge in [-0.05, 0) is 55.0 Å². The van der Waals surface area contributed by atoms with Crippen molar-refractivity contribution < 1.29 is 13.5 Å². The van der Waals surface area contributed by atoms with E-state index in [9.17, 15) is 13.5 Å². The fourth-order valence-electron chi connectivity index (χ4n) is 3.61. The average Bonchev–Trinajstić information content (AvgIpc) is 3.09. The van der Waals surface area contributed by atoms with Crippen LogP contribution in [0.1, 0.15) is 48.5 Å². The Morgan fingerprint density at radius 1 is 1.30 bits per heavy atom. The Balaban J connectivity index is 1.53. The number of likely N-dealkylation sites (tertiary alicyclic amines) is 1. The summed E-state index contributed by atoms with van der Waals surface area (Å²) in [6, 6.07) is 2.23. The van der Waals surface area contributed by atoms with Crippen molar-refractivity contribution in [1.82, 2.24) is 9.62 Å². The zero-order valence-corrected chi connectivity index (χ0v) is 14.8. The second-order valence-electron chi connectivity index (χ2n) is 6.73. The maximum Gasteiger partial charge on any atom is 0.274 e. The van der Waals surface area contributed by atoms with Crippen LogP contribution >= 0.6 is 11.3 Å². The smallest absolute Gasteiger partial charge is 0.274 e. The molecular weight excluding hydrogens is 334 g/mol. The molecular formula is C15H25N3O3S2. The number of rotatable bonds is 5.